The molecule has 4 rings (SSSR count). The molecule has 0 amide bonds. The van der Waals surface area contributed by atoms with Crippen molar-refractivity contribution < 1.29 is 9.21 Å². The van der Waals surface area contributed by atoms with Gasteiger partial charge in [0.1, 0.15) is 11.5 Å². The molecule has 0 saturated heterocycles. The molecule has 0 N–H and O–H groups in total. The largest absolute Gasteiger partial charge is 0.469 e. The van der Waals surface area contributed by atoms with Crippen molar-refractivity contribution in [1.29, 1.82) is 0 Å². The lowest BCUT2D eigenvalue weighted by Gasteiger charge is -2.17. The van der Waals surface area contributed by atoms with Gasteiger partial charge in [-0.05, 0) is 48.1 Å². The summed E-state index contributed by atoms with van der Waals surface area (Å²) >= 11 is 0. The highest BCUT2D eigenvalue weighted by molar-refractivity contribution is 5.84. The maximum Gasteiger partial charge on any atom is 0.137 e. The number of ketones is 1. The van der Waals surface area contributed by atoms with E-state index in [0.717, 1.165) is 35.3 Å². The molecule has 1 aromatic heterocycles. The summed E-state index contributed by atoms with van der Waals surface area (Å²) in [6, 6.07) is 20.6. The van der Waals surface area contributed by atoms with E-state index in [1.807, 2.05) is 43.3 Å². The van der Waals surface area contributed by atoms with Gasteiger partial charge in [0.25, 0.3) is 0 Å². The Morgan fingerprint density at radius 2 is 1.70 bits per heavy atom. The third kappa shape index (κ3) is 4.23. The smallest absolute Gasteiger partial charge is 0.137 e. The quantitative estimate of drug-likeness (QED) is 0.403. The molecule has 0 bridgehead atoms. The summed E-state index contributed by atoms with van der Waals surface area (Å²) in [6.07, 6.45) is 9.09. The van der Waals surface area contributed by atoms with Crippen molar-refractivity contribution in [2.24, 2.45) is 5.92 Å². The van der Waals surface area contributed by atoms with Gasteiger partial charge in [0, 0.05) is 24.3 Å². The van der Waals surface area contributed by atoms with Gasteiger partial charge in [0.2, 0.25) is 0 Å². The van der Waals surface area contributed by atoms with Crippen LogP contribution in [0.15, 0.2) is 89.1 Å². The molecule has 0 aliphatic heterocycles. The number of aryl methyl sites for hydroxylation is 1. The normalized spacial score (nSPS) is 15.7. The van der Waals surface area contributed by atoms with Gasteiger partial charge in [-0.1, -0.05) is 79.2 Å². The van der Waals surface area contributed by atoms with Crippen LogP contribution in [0, 0.1) is 12.8 Å². The van der Waals surface area contributed by atoms with Crippen molar-refractivity contribution in [2.45, 2.75) is 39.5 Å². The van der Waals surface area contributed by atoms with Crippen molar-refractivity contribution in [3.63, 3.8) is 0 Å². The molecule has 1 heterocycles. The van der Waals surface area contributed by atoms with Gasteiger partial charge in [-0.2, -0.15) is 0 Å². The lowest BCUT2D eigenvalue weighted by molar-refractivity contribution is -0.118. The standard InChI is InChI=1S/C28H28O2/c1-3-25-22(14-16-28(25)26-17-18-30-20(26)2)13-15-24(29)19-23-11-7-8-12-27(23)21-9-5-4-6-10-21/h4-12,14,16-18,25H,3,13,15,19H2,1-2H3. The summed E-state index contributed by atoms with van der Waals surface area (Å²) in [5.41, 5.74) is 7.29. The zero-order chi connectivity index (χ0) is 20.9. The first-order valence-corrected chi connectivity index (χ1v) is 10.8. The summed E-state index contributed by atoms with van der Waals surface area (Å²) in [5.74, 6) is 1.63. The number of carbonyl (C=O) groups is 1. The molecule has 1 unspecified atom stereocenters. The van der Waals surface area contributed by atoms with Crippen LogP contribution in [-0.2, 0) is 11.2 Å². The number of furan rings is 1. The first kappa shape index (κ1) is 20.2. The second-order valence-corrected chi connectivity index (χ2v) is 7.95. The van der Waals surface area contributed by atoms with E-state index in [4.69, 9.17) is 4.42 Å². The summed E-state index contributed by atoms with van der Waals surface area (Å²) < 4.78 is 5.50. The molecule has 30 heavy (non-hydrogen) atoms. The van der Waals surface area contributed by atoms with Crippen molar-refractivity contribution in [2.75, 3.05) is 0 Å². The summed E-state index contributed by atoms with van der Waals surface area (Å²) in [7, 11) is 0. The summed E-state index contributed by atoms with van der Waals surface area (Å²) in [4.78, 5) is 12.9. The van der Waals surface area contributed by atoms with Crippen LogP contribution in [0.4, 0.5) is 0 Å². The molecular formula is C28H28O2. The number of rotatable bonds is 8. The number of benzene rings is 2. The van der Waals surface area contributed by atoms with E-state index < -0.39 is 0 Å². The van der Waals surface area contributed by atoms with Gasteiger partial charge in [-0.25, -0.2) is 0 Å². The fraction of sp³-hybridized carbons (Fsp3) is 0.250. The minimum Gasteiger partial charge on any atom is -0.469 e. The Morgan fingerprint density at radius 1 is 0.933 bits per heavy atom. The zero-order valence-electron chi connectivity index (χ0n) is 17.7. The average Bonchev–Trinajstić information content (AvgIpc) is 3.38. The van der Waals surface area contributed by atoms with Crippen LogP contribution in [0.5, 0.6) is 0 Å². The molecule has 1 aliphatic carbocycles. The van der Waals surface area contributed by atoms with Crippen molar-refractivity contribution in [1.82, 2.24) is 0 Å². The SMILES string of the molecule is CCC1C(CCC(=O)Cc2ccccc2-c2ccccc2)=CC=C1c1ccoc1C. The van der Waals surface area contributed by atoms with Gasteiger partial charge in [0.15, 0.2) is 0 Å². The van der Waals surface area contributed by atoms with Gasteiger partial charge >= 0.3 is 0 Å². The summed E-state index contributed by atoms with van der Waals surface area (Å²) in [5, 5.41) is 0. The van der Waals surface area contributed by atoms with Crippen molar-refractivity contribution >= 4 is 11.4 Å². The maximum atomic E-state index is 12.9. The number of carbonyl (C=O) groups excluding carboxylic acids is 1. The van der Waals surface area contributed by atoms with Crippen LogP contribution < -0.4 is 0 Å². The van der Waals surface area contributed by atoms with E-state index in [9.17, 15) is 4.79 Å². The Bertz CT molecular complexity index is 1080. The second-order valence-electron chi connectivity index (χ2n) is 7.95. The van der Waals surface area contributed by atoms with E-state index in [1.165, 1.54) is 16.7 Å². The first-order chi connectivity index (χ1) is 14.7. The molecule has 2 aromatic carbocycles. The predicted octanol–water partition coefficient (Wildman–Crippen LogP) is 7.20. The molecule has 0 saturated carbocycles. The molecule has 2 nitrogen and oxygen atoms in total. The summed E-state index contributed by atoms with van der Waals surface area (Å²) in [6.45, 7) is 4.22. The zero-order valence-corrected chi connectivity index (χ0v) is 17.7. The second kappa shape index (κ2) is 9.13. The Morgan fingerprint density at radius 3 is 2.43 bits per heavy atom. The lowest BCUT2D eigenvalue weighted by Crippen LogP contribution is -2.08. The molecule has 2 heteroatoms. The minimum atomic E-state index is 0.294. The molecule has 0 radical (unpaired) electrons. The van der Waals surface area contributed by atoms with Gasteiger partial charge in [0.05, 0.1) is 6.26 Å². The van der Waals surface area contributed by atoms with Gasteiger partial charge in [-0.15, -0.1) is 0 Å². The number of Topliss-reactive ketones (excluding diaryl/α,β-unsaturated/α-hetero) is 1. The van der Waals surface area contributed by atoms with Crippen LogP contribution in [0.2, 0.25) is 0 Å². The fourth-order valence-corrected chi connectivity index (χ4v) is 4.49. The Kier molecular flexibility index (Phi) is 6.13. The molecule has 0 fully saturated rings. The first-order valence-electron chi connectivity index (χ1n) is 10.8. The van der Waals surface area contributed by atoms with Crippen molar-refractivity contribution in [3.05, 3.63) is 102 Å². The van der Waals surface area contributed by atoms with Crippen LogP contribution in [0.1, 0.15) is 43.1 Å². The minimum absolute atomic E-state index is 0.294. The van der Waals surface area contributed by atoms with E-state index in [-0.39, 0.29) is 0 Å². The molecule has 3 aromatic rings. The van der Waals surface area contributed by atoms with E-state index in [1.54, 1.807) is 6.26 Å². The predicted molar refractivity (Wildman–Crippen MR) is 123 cm³/mol. The molecule has 0 spiro atoms. The lowest BCUT2D eigenvalue weighted by atomic mass is 9.86. The third-order valence-electron chi connectivity index (χ3n) is 6.06. The highest BCUT2D eigenvalue weighted by Crippen LogP contribution is 2.40. The Labute approximate surface area is 178 Å². The number of hydrogen-bond acceptors (Lipinski definition) is 2. The van der Waals surface area contributed by atoms with Crippen LogP contribution in [-0.4, -0.2) is 5.78 Å². The van der Waals surface area contributed by atoms with E-state index in [0.29, 0.717) is 24.5 Å². The number of allylic oxidation sites excluding steroid dienone is 4. The average molecular weight is 397 g/mol. The van der Waals surface area contributed by atoms with Gasteiger partial charge in [-0.3, -0.25) is 4.79 Å². The van der Waals surface area contributed by atoms with Crippen LogP contribution in [0.25, 0.3) is 16.7 Å². The molecule has 1 atom stereocenters. The molecular weight excluding hydrogens is 368 g/mol. The monoisotopic (exact) mass is 396 g/mol. The topological polar surface area (TPSA) is 30.2 Å². The van der Waals surface area contributed by atoms with Crippen molar-refractivity contribution in [3.8, 4) is 11.1 Å². The highest BCUT2D eigenvalue weighted by atomic mass is 16.3. The number of hydrogen-bond donors (Lipinski definition) is 0. The molecule has 152 valence electrons. The van der Waals surface area contributed by atoms with Crippen LogP contribution in [0.3, 0.4) is 0 Å². The maximum absolute atomic E-state index is 12.9. The Balaban J connectivity index is 1.40. The van der Waals surface area contributed by atoms with E-state index >= 15 is 0 Å². The molecule has 1 aliphatic rings. The third-order valence-corrected chi connectivity index (χ3v) is 6.06. The highest BCUT2D eigenvalue weighted by Gasteiger charge is 2.25. The van der Waals surface area contributed by atoms with Crippen LogP contribution >= 0.6 is 0 Å². The van der Waals surface area contributed by atoms with E-state index in [2.05, 4.69) is 43.3 Å². The Hall–Kier alpha value is -3.13. The van der Waals surface area contributed by atoms with Gasteiger partial charge < -0.3 is 4.42 Å². The fourth-order valence-electron chi connectivity index (χ4n) is 4.49.